The molecule has 2 nitrogen and oxygen atoms in total. The van der Waals surface area contributed by atoms with Crippen LogP contribution < -0.4 is 0 Å². The Morgan fingerprint density at radius 1 is 1.20 bits per heavy atom. The fourth-order valence-electron chi connectivity index (χ4n) is 2.71. The van der Waals surface area contributed by atoms with E-state index in [1.54, 1.807) is 0 Å². The standard InChI is InChI=1S/C13H26O2/c1-4-7-8-9-15-12-10-11(14)13(12,5-2)6-3/h11-12,14H,4-10H2,1-3H3. The summed E-state index contributed by atoms with van der Waals surface area (Å²) < 4.78 is 5.89. The lowest BCUT2D eigenvalue weighted by Crippen LogP contribution is -2.57. The van der Waals surface area contributed by atoms with Crippen LogP contribution in [0.2, 0.25) is 0 Å². The number of hydrogen-bond acceptors (Lipinski definition) is 2. The summed E-state index contributed by atoms with van der Waals surface area (Å²) in [5.74, 6) is 0. The van der Waals surface area contributed by atoms with E-state index in [1.165, 1.54) is 12.8 Å². The second-order valence-electron chi connectivity index (χ2n) is 4.76. The highest BCUT2D eigenvalue weighted by Gasteiger charge is 2.52. The minimum absolute atomic E-state index is 0.0617. The summed E-state index contributed by atoms with van der Waals surface area (Å²) >= 11 is 0. The predicted molar refractivity (Wildman–Crippen MR) is 62.9 cm³/mol. The molecule has 0 aromatic heterocycles. The van der Waals surface area contributed by atoms with Gasteiger partial charge in [0, 0.05) is 18.4 Å². The van der Waals surface area contributed by atoms with Crippen molar-refractivity contribution in [3.05, 3.63) is 0 Å². The van der Waals surface area contributed by atoms with Crippen molar-refractivity contribution < 1.29 is 9.84 Å². The maximum atomic E-state index is 9.85. The summed E-state index contributed by atoms with van der Waals surface area (Å²) in [7, 11) is 0. The van der Waals surface area contributed by atoms with Crippen molar-refractivity contribution in [3.8, 4) is 0 Å². The zero-order valence-corrected chi connectivity index (χ0v) is 10.5. The third-order valence-electron chi connectivity index (χ3n) is 4.13. The molecule has 1 aliphatic carbocycles. The SMILES string of the molecule is CCCCCOC1CC(O)C1(CC)CC. The van der Waals surface area contributed by atoms with Crippen molar-refractivity contribution in [3.63, 3.8) is 0 Å². The molecule has 2 unspecified atom stereocenters. The molecule has 2 heteroatoms. The lowest BCUT2D eigenvalue weighted by Gasteiger charge is -2.52. The summed E-state index contributed by atoms with van der Waals surface area (Å²) in [5.41, 5.74) is 0.0617. The molecule has 0 heterocycles. The summed E-state index contributed by atoms with van der Waals surface area (Å²) in [5, 5.41) is 9.85. The zero-order valence-electron chi connectivity index (χ0n) is 10.5. The third kappa shape index (κ3) is 2.54. The summed E-state index contributed by atoms with van der Waals surface area (Å²) in [6, 6.07) is 0. The van der Waals surface area contributed by atoms with E-state index in [0.717, 1.165) is 32.3 Å². The molecule has 0 aromatic carbocycles. The van der Waals surface area contributed by atoms with E-state index in [2.05, 4.69) is 20.8 Å². The molecule has 15 heavy (non-hydrogen) atoms. The van der Waals surface area contributed by atoms with Gasteiger partial charge in [0.1, 0.15) is 0 Å². The Balaban J connectivity index is 2.30. The molecule has 0 radical (unpaired) electrons. The van der Waals surface area contributed by atoms with Crippen LogP contribution in [0.5, 0.6) is 0 Å². The largest absolute Gasteiger partial charge is 0.392 e. The molecule has 0 spiro atoms. The fourth-order valence-corrected chi connectivity index (χ4v) is 2.71. The lowest BCUT2D eigenvalue weighted by molar-refractivity contribution is -0.196. The van der Waals surface area contributed by atoms with Crippen LogP contribution in [0.1, 0.15) is 59.3 Å². The number of ether oxygens (including phenoxy) is 1. The number of hydrogen-bond donors (Lipinski definition) is 1. The topological polar surface area (TPSA) is 29.5 Å². The maximum absolute atomic E-state index is 9.85. The quantitative estimate of drug-likeness (QED) is 0.660. The van der Waals surface area contributed by atoms with E-state index >= 15 is 0 Å². The molecule has 0 aliphatic heterocycles. The van der Waals surface area contributed by atoms with Crippen LogP contribution >= 0.6 is 0 Å². The van der Waals surface area contributed by atoms with Crippen molar-refractivity contribution in [2.45, 2.75) is 71.5 Å². The van der Waals surface area contributed by atoms with E-state index < -0.39 is 0 Å². The van der Waals surface area contributed by atoms with Gasteiger partial charge in [-0.05, 0) is 19.3 Å². The number of aliphatic hydroxyl groups is 1. The average Bonchev–Trinajstić information content (AvgIpc) is 2.24. The summed E-state index contributed by atoms with van der Waals surface area (Å²) in [6.45, 7) is 7.39. The molecule has 90 valence electrons. The fraction of sp³-hybridized carbons (Fsp3) is 1.00. The second kappa shape index (κ2) is 5.86. The Morgan fingerprint density at radius 2 is 1.87 bits per heavy atom. The van der Waals surface area contributed by atoms with Crippen LogP contribution in [0, 0.1) is 5.41 Å². The van der Waals surface area contributed by atoms with Gasteiger partial charge in [0.2, 0.25) is 0 Å². The summed E-state index contributed by atoms with van der Waals surface area (Å²) in [6.07, 6.45) is 6.72. The van der Waals surface area contributed by atoms with Gasteiger partial charge in [-0.25, -0.2) is 0 Å². The molecule has 0 bridgehead atoms. The summed E-state index contributed by atoms with van der Waals surface area (Å²) in [4.78, 5) is 0. The highest BCUT2D eigenvalue weighted by atomic mass is 16.5. The Labute approximate surface area is 94.0 Å². The second-order valence-corrected chi connectivity index (χ2v) is 4.76. The van der Waals surface area contributed by atoms with Gasteiger partial charge in [-0.1, -0.05) is 33.6 Å². The highest BCUT2D eigenvalue weighted by Crippen LogP contribution is 2.48. The molecule has 1 fully saturated rings. The first kappa shape index (κ1) is 13.0. The number of rotatable bonds is 7. The van der Waals surface area contributed by atoms with Crippen molar-refractivity contribution in [1.29, 1.82) is 0 Å². The molecule has 1 aliphatic rings. The zero-order chi connectivity index (χ0) is 11.3. The number of unbranched alkanes of at least 4 members (excludes halogenated alkanes) is 2. The predicted octanol–water partition coefficient (Wildman–Crippen LogP) is 3.13. The molecule has 1 saturated carbocycles. The first-order valence-electron chi connectivity index (χ1n) is 6.50. The van der Waals surface area contributed by atoms with Crippen molar-refractivity contribution in [2.24, 2.45) is 5.41 Å². The molecule has 1 rings (SSSR count). The van der Waals surface area contributed by atoms with E-state index in [1.807, 2.05) is 0 Å². The monoisotopic (exact) mass is 214 g/mol. The van der Waals surface area contributed by atoms with Crippen molar-refractivity contribution in [1.82, 2.24) is 0 Å². The smallest absolute Gasteiger partial charge is 0.0680 e. The van der Waals surface area contributed by atoms with Crippen LogP contribution in [0.25, 0.3) is 0 Å². The normalized spacial score (nSPS) is 28.8. The highest BCUT2D eigenvalue weighted by molar-refractivity contribution is 5.02. The van der Waals surface area contributed by atoms with Crippen LogP contribution in [0.15, 0.2) is 0 Å². The van der Waals surface area contributed by atoms with Crippen LogP contribution in [0.4, 0.5) is 0 Å². The molecule has 0 aromatic rings. The molecule has 1 N–H and O–H groups in total. The van der Waals surface area contributed by atoms with E-state index in [9.17, 15) is 5.11 Å². The van der Waals surface area contributed by atoms with Crippen molar-refractivity contribution >= 4 is 0 Å². The number of aliphatic hydroxyl groups excluding tert-OH is 1. The first-order valence-corrected chi connectivity index (χ1v) is 6.50. The lowest BCUT2D eigenvalue weighted by atomic mass is 9.60. The third-order valence-corrected chi connectivity index (χ3v) is 4.13. The van der Waals surface area contributed by atoms with Crippen molar-refractivity contribution in [2.75, 3.05) is 6.61 Å². The van der Waals surface area contributed by atoms with Gasteiger partial charge in [0.05, 0.1) is 12.2 Å². The van der Waals surface area contributed by atoms with Crippen LogP contribution in [-0.2, 0) is 4.74 Å². The van der Waals surface area contributed by atoms with Gasteiger partial charge in [-0.3, -0.25) is 0 Å². The average molecular weight is 214 g/mol. The van der Waals surface area contributed by atoms with E-state index in [4.69, 9.17) is 4.74 Å². The first-order chi connectivity index (χ1) is 7.21. The van der Waals surface area contributed by atoms with Gasteiger partial charge in [0.25, 0.3) is 0 Å². The van der Waals surface area contributed by atoms with Crippen LogP contribution in [0.3, 0.4) is 0 Å². The van der Waals surface area contributed by atoms with Crippen LogP contribution in [-0.4, -0.2) is 23.9 Å². The van der Waals surface area contributed by atoms with Gasteiger partial charge in [-0.15, -0.1) is 0 Å². The Kier molecular flexibility index (Phi) is 5.07. The van der Waals surface area contributed by atoms with Gasteiger partial charge in [0.15, 0.2) is 0 Å². The molecule has 0 amide bonds. The van der Waals surface area contributed by atoms with E-state index in [-0.39, 0.29) is 11.5 Å². The molecular weight excluding hydrogens is 188 g/mol. The van der Waals surface area contributed by atoms with Gasteiger partial charge >= 0.3 is 0 Å². The maximum Gasteiger partial charge on any atom is 0.0680 e. The Morgan fingerprint density at radius 3 is 2.33 bits per heavy atom. The molecule has 0 saturated heterocycles. The Hall–Kier alpha value is -0.0800. The molecular formula is C13H26O2. The molecule has 2 atom stereocenters. The minimum atomic E-state index is -0.135. The Bertz CT molecular complexity index is 175. The minimum Gasteiger partial charge on any atom is -0.392 e. The van der Waals surface area contributed by atoms with Gasteiger partial charge in [-0.2, -0.15) is 0 Å². The van der Waals surface area contributed by atoms with Gasteiger partial charge < -0.3 is 9.84 Å². The van der Waals surface area contributed by atoms with E-state index in [0.29, 0.717) is 6.10 Å².